The number of hydrogen-bond acceptors (Lipinski definition) is 2. The third-order valence-corrected chi connectivity index (χ3v) is 2.83. The number of nitrogens with one attached hydrogen (secondary N) is 1. The van der Waals surface area contributed by atoms with E-state index < -0.39 is 0 Å². The van der Waals surface area contributed by atoms with Crippen LogP contribution in [0.3, 0.4) is 0 Å². The van der Waals surface area contributed by atoms with Gasteiger partial charge in [-0.05, 0) is 12.5 Å². The Kier molecular flexibility index (Phi) is 3.46. The first kappa shape index (κ1) is 12.4. The van der Waals surface area contributed by atoms with Crippen LogP contribution in [0.25, 0.3) is 10.9 Å². The first-order valence-electron chi connectivity index (χ1n) is 6.04. The van der Waals surface area contributed by atoms with E-state index in [9.17, 15) is 9.59 Å². The number of benzene rings is 1. The quantitative estimate of drug-likeness (QED) is 0.901. The lowest BCUT2D eigenvalue weighted by atomic mass is 10.1. The molecule has 94 valence electrons. The van der Waals surface area contributed by atoms with Crippen molar-refractivity contribution >= 4 is 22.7 Å². The molecule has 2 rings (SSSR count). The summed E-state index contributed by atoms with van der Waals surface area (Å²) >= 11 is 0. The number of carbonyl (C=O) groups excluding carboxylic acids is 2. The van der Waals surface area contributed by atoms with Crippen LogP contribution in [-0.2, 0) is 0 Å². The van der Waals surface area contributed by atoms with E-state index in [1.807, 2.05) is 31.2 Å². The molecule has 4 nitrogen and oxygen atoms in total. The van der Waals surface area contributed by atoms with Crippen molar-refractivity contribution in [2.45, 2.75) is 20.3 Å². The second-order valence-electron chi connectivity index (χ2n) is 4.20. The van der Waals surface area contributed by atoms with E-state index in [4.69, 9.17) is 0 Å². The van der Waals surface area contributed by atoms with Gasteiger partial charge in [0, 0.05) is 25.1 Å². The number of fused-ring (bicyclic) bond motifs is 1. The molecule has 0 fully saturated rings. The van der Waals surface area contributed by atoms with Crippen LogP contribution in [0.15, 0.2) is 30.5 Å². The summed E-state index contributed by atoms with van der Waals surface area (Å²) in [5.74, 6) is -0.228. The standard InChI is InChI=1S/C14H16N2O2/c1-3-8-15-14(18)12-9-16(10(2)17)13-7-5-4-6-11(12)13/h4-7,9H,3,8H2,1-2H3,(H,15,18). The predicted molar refractivity (Wildman–Crippen MR) is 70.9 cm³/mol. The van der Waals surface area contributed by atoms with Crippen LogP contribution < -0.4 is 5.32 Å². The van der Waals surface area contributed by atoms with E-state index in [-0.39, 0.29) is 11.8 Å². The number of hydrogen-bond donors (Lipinski definition) is 1. The van der Waals surface area contributed by atoms with Crippen LogP contribution in [0.5, 0.6) is 0 Å². The third kappa shape index (κ3) is 2.14. The first-order chi connectivity index (χ1) is 8.65. The fraction of sp³-hybridized carbons (Fsp3) is 0.286. The van der Waals surface area contributed by atoms with Gasteiger partial charge in [-0.2, -0.15) is 0 Å². The van der Waals surface area contributed by atoms with E-state index in [1.54, 1.807) is 6.20 Å². The molecule has 0 radical (unpaired) electrons. The van der Waals surface area contributed by atoms with Gasteiger partial charge >= 0.3 is 0 Å². The van der Waals surface area contributed by atoms with Crippen LogP contribution in [0.4, 0.5) is 0 Å². The van der Waals surface area contributed by atoms with E-state index in [1.165, 1.54) is 11.5 Å². The molecular formula is C14H16N2O2. The van der Waals surface area contributed by atoms with Crippen LogP contribution in [0.2, 0.25) is 0 Å². The lowest BCUT2D eigenvalue weighted by molar-refractivity contribution is 0.0941. The molecule has 0 unspecified atom stereocenters. The Hall–Kier alpha value is -2.10. The van der Waals surface area contributed by atoms with Crippen LogP contribution >= 0.6 is 0 Å². The lowest BCUT2D eigenvalue weighted by Crippen LogP contribution is -2.23. The van der Waals surface area contributed by atoms with E-state index in [0.717, 1.165) is 17.3 Å². The smallest absolute Gasteiger partial charge is 0.253 e. The Morgan fingerprint density at radius 2 is 2.00 bits per heavy atom. The normalized spacial score (nSPS) is 10.6. The number of rotatable bonds is 3. The number of amides is 1. The van der Waals surface area contributed by atoms with Gasteiger partial charge in [-0.15, -0.1) is 0 Å². The molecule has 2 aromatic rings. The highest BCUT2D eigenvalue weighted by Crippen LogP contribution is 2.21. The number of para-hydroxylation sites is 1. The van der Waals surface area contributed by atoms with Crippen molar-refractivity contribution in [3.05, 3.63) is 36.0 Å². The zero-order valence-electron chi connectivity index (χ0n) is 10.6. The summed E-state index contributed by atoms with van der Waals surface area (Å²) in [7, 11) is 0. The molecule has 1 amide bonds. The van der Waals surface area contributed by atoms with Crippen molar-refractivity contribution in [1.29, 1.82) is 0 Å². The minimum absolute atomic E-state index is 0.0965. The van der Waals surface area contributed by atoms with Crippen LogP contribution in [0, 0.1) is 0 Å². The molecule has 1 N–H and O–H groups in total. The molecule has 0 aliphatic rings. The third-order valence-electron chi connectivity index (χ3n) is 2.83. The summed E-state index contributed by atoms with van der Waals surface area (Å²) in [6, 6.07) is 7.42. The van der Waals surface area contributed by atoms with E-state index in [2.05, 4.69) is 5.32 Å². The van der Waals surface area contributed by atoms with Crippen LogP contribution in [-0.4, -0.2) is 22.9 Å². The molecular weight excluding hydrogens is 228 g/mol. The monoisotopic (exact) mass is 244 g/mol. The minimum atomic E-state index is -0.131. The van der Waals surface area contributed by atoms with Crippen molar-refractivity contribution < 1.29 is 9.59 Å². The average molecular weight is 244 g/mol. The van der Waals surface area contributed by atoms with Crippen molar-refractivity contribution in [3.8, 4) is 0 Å². The molecule has 1 heterocycles. The molecule has 18 heavy (non-hydrogen) atoms. The lowest BCUT2D eigenvalue weighted by Gasteiger charge is -2.01. The second-order valence-corrected chi connectivity index (χ2v) is 4.20. The molecule has 0 saturated heterocycles. The van der Waals surface area contributed by atoms with Gasteiger partial charge in [0.2, 0.25) is 5.91 Å². The van der Waals surface area contributed by atoms with Gasteiger partial charge in [0.05, 0.1) is 11.1 Å². The minimum Gasteiger partial charge on any atom is -0.352 e. The molecule has 0 saturated carbocycles. The first-order valence-corrected chi connectivity index (χ1v) is 6.04. The summed E-state index contributed by atoms with van der Waals surface area (Å²) in [4.78, 5) is 23.6. The average Bonchev–Trinajstić information content (AvgIpc) is 2.75. The predicted octanol–water partition coefficient (Wildman–Crippen LogP) is 2.44. The fourth-order valence-corrected chi connectivity index (χ4v) is 1.95. The van der Waals surface area contributed by atoms with Crippen molar-refractivity contribution in [2.75, 3.05) is 6.54 Å². The molecule has 0 aliphatic carbocycles. The van der Waals surface area contributed by atoms with Crippen molar-refractivity contribution in [3.63, 3.8) is 0 Å². The molecule has 1 aromatic heterocycles. The highest BCUT2D eigenvalue weighted by atomic mass is 16.2. The summed E-state index contributed by atoms with van der Waals surface area (Å²) in [6.45, 7) is 4.12. The van der Waals surface area contributed by atoms with Crippen LogP contribution in [0.1, 0.15) is 35.4 Å². The van der Waals surface area contributed by atoms with E-state index in [0.29, 0.717) is 12.1 Å². The molecule has 4 heteroatoms. The maximum Gasteiger partial charge on any atom is 0.253 e. The topological polar surface area (TPSA) is 51.1 Å². The van der Waals surface area contributed by atoms with Gasteiger partial charge in [-0.1, -0.05) is 25.1 Å². The fourth-order valence-electron chi connectivity index (χ4n) is 1.95. The highest BCUT2D eigenvalue weighted by molar-refractivity contribution is 6.09. The Morgan fingerprint density at radius 3 is 2.67 bits per heavy atom. The van der Waals surface area contributed by atoms with Gasteiger partial charge in [0.15, 0.2) is 0 Å². The largest absolute Gasteiger partial charge is 0.352 e. The zero-order valence-corrected chi connectivity index (χ0v) is 10.6. The Balaban J connectivity index is 2.51. The molecule has 0 spiro atoms. The van der Waals surface area contributed by atoms with Gasteiger partial charge in [0.1, 0.15) is 0 Å². The van der Waals surface area contributed by atoms with Gasteiger partial charge in [-0.3, -0.25) is 14.2 Å². The number of carbonyl (C=O) groups is 2. The van der Waals surface area contributed by atoms with Gasteiger partial charge in [-0.25, -0.2) is 0 Å². The van der Waals surface area contributed by atoms with Crippen molar-refractivity contribution in [1.82, 2.24) is 9.88 Å². The molecule has 1 aromatic carbocycles. The van der Waals surface area contributed by atoms with E-state index >= 15 is 0 Å². The summed E-state index contributed by atoms with van der Waals surface area (Å²) in [6.07, 6.45) is 2.50. The SMILES string of the molecule is CCCNC(=O)c1cn(C(C)=O)c2ccccc12. The Labute approximate surface area is 106 Å². The van der Waals surface area contributed by atoms with Crippen molar-refractivity contribution in [2.24, 2.45) is 0 Å². The number of nitrogens with zero attached hydrogens (tertiary/aromatic N) is 1. The van der Waals surface area contributed by atoms with Gasteiger partial charge in [0.25, 0.3) is 5.91 Å². The second kappa shape index (κ2) is 5.04. The molecule has 0 atom stereocenters. The zero-order chi connectivity index (χ0) is 13.1. The maximum atomic E-state index is 12.0. The molecule has 0 aliphatic heterocycles. The summed E-state index contributed by atoms with van der Waals surface area (Å²) < 4.78 is 1.51. The Morgan fingerprint density at radius 1 is 1.28 bits per heavy atom. The Bertz CT molecular complexity index is 599. The maximum absolute atomic E-state index is 12.0. The summed E-state index contributed by atoms with van der Waals surface area (Å²) in [5.41, 5.74) is 1.32. The molecule has 0 bridgehead atoms. The summed E-state index contributed by atoms with van der Waals surface area (Å²) in [5, 5.41) is 3.64. The number of aromatic nitrogens is 1. The highest BCUT2D eigenvalue weighted by Gasteiger charge is 2.15. The van der Waals surface area contributed by atoms with Gasteiger partial charge < -0.3 is 5.32 Å².